The molecule has 1 saturated heterocycles. The van der Waals surface area contributed by atoms with E-state index in [2.05, 4.69) is 15.9 Å². The number of likely N-dealkylation sites (tertiary alicyclic amines) is 1. The third kappa shape index (κ3) is 3.07. The van der Waals surface area contributed by atoms with Crippen molar-refractivity contribution in [2.75, 3.05) is 13.1 Å². The highest BCUT2D eigenvalue weighted by Crippen LogP contribution is 2.19. The molecule has 4 heteroatoms. The Morgan fingerprint density at radius 2 is 2.24 bits per heavy atom. The number of nitrogens with zero attached hydrogens (tertiary/aromatic N) is 1. The number of amides is 1. The van der Waals surface area contributed by atoms with Crippen LogP contribution in [0.25, 0.3) is 0 Å². The molecule has 0 spiro atoms. The quantitative estimate of drug-likeness (QED) is 0.864. The van der Waals surface area contributed by atoms with E-state index in [1.54, 1.807) is 4.90 Å². The molecule has 92 valence electrons. The summed E-state index contributed by atoms with van der Waals surface area (Å²) in [5.74, 6) is 0.00755. The number of aliphatic hydroxyl groups excluding tert-OH is 1. The van der Waals surface area contributed by atoms with Gasteiger partial charge in [-0.05, 0) is 43.5 Å². The highest BCUT2D eigenvalue weighted by Gasteiger charge is 2.23. The number of halogens is 1. The van der Waals surface area contributed by atoms with Crippen LogP contribution in [0.5, 0.6) is 0 Å². The molecular weight excluding hydrogens is 282 g/mol. The van der Waals surface area contributed by atoms with Gasteiger partial charge in [-0.3, -0.25) is 4.79 Å². The molecule has 1 amide bonds. The van der Waals surface area contributed by atoms with E-state index in [1.165, 1.54) is 0 Å². The summed E-state index contributed by atoms with van der Waals surface area (Å²) in [6, 6.07) is 5.69. The fourth-order valence-corrected chi connectivity index (χ4v) is 2.79. The minimum atomic E-state index is -0.374. The number of carbonyl (C=O) groups excluding carboxylic acids is 1. The molecule has 0 aromatic heterocycles. The van der Waals surface area contributed by atoms with Gasteiger partial charge in [0.05, 0.1) is 6.10 Å². The van der Waals surface area contributed by atoms with Crippen LogP contribution in [0.4, 0.5) is 0 Å². The van der Waals surface area contributed by atoms with Crippen LogP contribution >= 0.6 is 15.9 Å². The van der Waals surface area contributed by atoms with Gasteiger partial charge in [0, 0.05) is 23.1 Å². The zero-order valence-corrected chi connectivity index (χ0v) is 11.4. The summed E-state index contributed by atoms with van der Waals surface area (Å²) in [7, 11) is 0. The number of piperidine rings is 1. The Kier molecular flexibility index (Phi) is 3.84. The largest absolute Gasteiger partial charge is 0.391 e. The van der Waals surface area contributed by atoms with Crippen molar-refractivity contribution in [3.8, 4) is 0 Å². The molecule has 1 aromatic rings. The average Bonchev–Trinajstić information content (AvgIpc) is 2.26. The monoisotopic (exact) mass is 297 g/mol. The molecule has 0 bridgehead atoms. The van der Waals surface area contributed by atoms with E-state index in [1.807, 2.05) is 25.1 Å². The van der Waals surface area contributed by atoms with E-state index in [0.29, 0.717) is 12.1 Å². The molecule has 3 nitrogen and oxygen atoms in total. The third-order valence-electron chi connectivity index (χ3n) is 2.97. The Morgan fingerprint density at radius 1 is 1.47 bits per heavy atom. The first-order chi connectivity index (χ1) is 8.06. The Morgan fingerprint density at radius 3 is 2.88 bits per heavy atom. The summed E-state index contributed by atoms with van der Waals surface area (Å²) in [4.78, 5) is 14.0. The predicted octanol–water partition coefficient (Wildman–Crippen LogP) is 2.35. The summed E-state index contributed by atoms with van der Waals surface area (Å²) < 4.78 is 0.915. The van der Waals surface area contributed by atoms with Crippen LogP contribution in [0.2, 0.25) is 0 Å². The van der Waals surface area contributed by atoms with E-state index in [0.717, 1.165) is 29.4 Å². The summed E-state index contributed by atoms with van der Waals surface area (Å²) >= 11 is 3.40. The Balaban J connectivity index is 2.18. The van der Waals surface area contributed by atoms with Crippen LogP contribution < -0.4 is 0 Å². The minimum Gasteiger partial charge on any atom is -0.391 e. The fraction of sp³-hybridized carbons (Fsp3) is 0.462. The molecule has 1 aromatic carbocycles. The molecule has 0 saturated carbocycles. The van der Waals surface area contributed by atoms with Crippen molar-refractivity contribution < 1.29 is 9.90 Å². The first-order valence-corrected chi connectivity index (χ1v) is 6.60. The normalized spacial score (nSPS) is 20.4. The summed E-state index contributed by atoms with van der Waals surface area (Å²) in [5, 5.41) is 9.58. The lowest BCUT2D eigenvalue weighted by Gasteiger charge is -2.30. The third-order valence-corrected chi connectivity index (χ3v) is 3.43. The van der Waals surface area contributed by atoms with E-state index >= 15 is 0 Å². The molecule has 0 radical (unpaired) electrons. The number of hydrogen-bond donors (Lipinski definition) is 1. The summed E-state index contributed by atoms with van der Waals surface area (Å²) in [6.07, 6.45) is 1.29. The van der Waals surface area contributed by atoms with Gasteiger partial charge >= 0.3 is 0 Å². The standard InChI is InChI=1S/C13H16BrNO2/c1-9-5-10(7-11(14)6-9)13(17)15-4-2-3-12(16)8-15/h5-7,12,16H,2-4,8H2,1H3/t12-/m0/s1. The topological polar surface area (TPSA) is 40.5 Å². The molecule has 1 heterocycles. The Labute approximate surface area is 110 Å². The molecule has 1 atom stereocenters. The number of hydrogen-bond acceptors (Lipinski definition) is 2. The van der Waals surface area contributed by atoms with Crippen LogP contribution in [0, 0.1) is 6.92 Å². The minimum absolute atomic E-state index is 0.00755. The van der Waals surface area contributed by atoms with Crippen molar-refractivity contribution in [1.82, 2.24) is 4.90 Å². The molecular formula is C13H16BrNO2. The molecule has 1 N–H and O–H groups in total. The molecule has 1 fully saturated rings. The number of β-amino-alcohol motifs (C(OH)–C–C–N with tert-alkyl or cyclic N) is 1. The maximum absolute atomic E-state index is 12.2. The van der Waals surface area contributed by atoms with Gasteiger partial charge in [-0.2, -0.15) is 0 Å². The smallest absolute Gasteiger partial charge is 0.253 e. The molecule has 2 rings (SSSR count). The van der Waals surface area contributed by atoms with Crippen LogP contribution in [0.3, 0.4) is 0 Å². The van der Waals surface area contributed by atoms with Crippen molar-refractivity contribution in [2.24, 2.45) is 0 Å². The number of aryl methyl sites for hydroxylation is 1. The second-order valence-corrected chi connectivity index (χ2v) is 5.48. The van der Waals surface area contributed by atoms with Gasteiger partial charge in [0.25, 0.3) is 5.91 Å². The van der Waals surface area contributed by atoms with Crippen molar-refractivity contribution in [3.63, 3.8) is 0 Å². The lowest BCUT2D eigenvalue weighted by atomic mass is 10.1. The zero-order chi connectivity index (χ0) is 12.4. The van der Waals surface area contributed by atoms with E-state index in [9.17, 15) is 9.90 Å². The summed E-state index contributed by atoms with van der Waals surface area (Å²) in [5.41, 5.74) is 1.74. The number of benzene rings is 1. The van der Waals surface area contributed by atoms with E-state index in [-0.39, 0.29) is 12.0 Å². The fourth-order valence-electron chi connectivity index (χ4n) is 2.18. The number of carbonyl (C=O) groups is 1. The lowest BCUT2D eigenvalue weighted by Crippen LogP contribution is -2.42. The van der Waals surface area contributed by atoms with Gasteiger partial charge in [-0.1, -0.05) is 15.9 Å². The molecule has 0 aliphatic carbocycles. The molecule has 17 heavy (non-hydrogen) atoms. The van der Waals surface area contributed by atoms with Crippen LogP contribution in [-0.4, -0.2) is 35.1 Å². The lowest BCUT2D eigenvalue weighted by molar-refractivity contribution is 0.0473. The van der Waals surface area contributed by atoms with Crippen molar-refractivity contribution >= 4 is 21.8 Å². The van der Waals surface area contributed by atoms with Crippen molar-refractivity contribution in [3.05, 3.63) is 33.8 Å². The number of aliphatic hydroxyl groups is 1. The summed E-state index contributed by atoms with van der Waals surface area (Å²) in [6.45, 7) is 3.15. The van der Waals surface area contributed by atoms with Gasteiger partial charge in [0.2, 0.25) is 0 Å². The van der Waals surface area contributed by atoms with Crippen LogP contribution in [0.15, 0.2) is 22.7 Å². The highest BCUT2D eigenvalue weighted by molar-refractivity contribution is 9.10. The average molecular weight is 298 g/mol. The molecule has 0 unspecified atom stereocenters. The van der Waals surface area contributed by atoms with Crippen molar-refractivity contribution in [1.29, 1.82) is 0 Å². The molecule has 1 aliphatic rings. The molecule has 1 aliphatic heterocycles. The predicted molar refractivity (Wildman–Crippen MR) is 70.0 cm³/mol. The van der Waals surface area contributed by atoms with Crippen LogP contribution in [-0.2, 0) is 0 Å². The second kappa shape index (κ2) is 5.19. The van der Waals surface area contributed by atoms with Gasteiger partial charge in [0.15, 0.2) is 0 Å². The maximum atomic E-state index is 12.2. The van der Waals surface area contributed by atoms with Crippen molar-refractivity contribution in [2.45, 2.75) is 25.9 Å². The van der Waals surface area contributed by atoms with E-state index < -0.39 is 0 Å². The van der Waals surface area contributed by atoms with Gasteiger partial charge in [0.1, 0.15) is 0 Å². The second-order valence-electron chi connectivity index (χ2n) is 4.56. The van der Waals surface area contributed by atoms with Gasteiger partial charge in [-0.15, -0.1) is 0 Å². The van der Waals surface area contributed by atoms with Gasteiger partial charge < -0.3 is 10.0 Å². The highest BCUT2D eigenvalue weighted by atomic mass is 79.9. The number of rotatable bonds is 1. The van der Waals surface area contributed by atoms with E-state index in [4.69, 9.17) is 0 Å². The Hall–Kier alpha value is -0.870. The first kappa shape index (κ1) is 12.6. The zero-order valence-electron chi connectivity index (χ0n) is 9.82. The van der Waals surface area contributed by atoms with Crippen LogP contribution in [0.1, 0.15) is 28.8 Å². The van der Waals surface area contributed by atoms with Gasteiger partial charge in [-0.25, -0.2) is 0 Å². The first-order valence-electron chi connectivity index (χ1n) is 5.81. The SMILES string of the molecule is Cc1cc(Br)cc(C(=O)N2CCC[C@H](O)C2)c1. The maximum Gasteiger partial charge on any atom is 0.253 e. The Bertz CT molecular complexity index is 413.